The van der Waals surface area contributed by atoms with Gasteiger partial charge in [-0.15, -0.1) is 11.3 Å². The second kappa shape index (κ2) is 15.5. The number of amides is 3. The molecule has 254 valence electrons. The Hall–Kier alpha value is -4.35. The Morgan fingerprint density at radius 1 is 1.09 bits per heavy atom. The van der Waals surface area contributed by atoms with Crippen molar-refractivity contribution in [3.8, 4) is 17.1 Å². The summed E-state index contributed by atoms with van der Waals surface area (Å²) < 4.78 is 38.1. The van der Waals surface area contributed by atoms with Crippen molar-refractivity contribution in [3.05, 3.63) is 47.7 Å². The van der Waals surface area contributed by atoms with Crippen molar-refractivity contribution in [1.29, 1.82) is 0 Å². The van der Waals surface area contributed by atoms with Crippen LogP contribution >= 0.6 is 11.3 Å². The van der Waals surface area contributed by atoms with Crippen LogP contribution in [-0.2, 0) is 29.2 Å². The highest BCUT2D eigenvalue weighted by Gasteiger charge is 2.36. The molecule has 15 nitrogen and oxygen atoms in total. The Morgan fingerprint density at radius 3 is 2.45 bits per heavy atom. The molecule has 2 heterocycles. The van der Waals surface area contributed by atoms with E-state index >= 15 is 0 Å². The second-order valence-corrected chi connectivity index (χ2v) is 14.2. The number of carbonyl (C=O) groups excluding carboxylic acids is 3. The van der Waals surface area contributed by atoms with Gasteiger partial charge in [0.15, 0.2) is 11.2 Å². The topological polar surface area (TPSA) is 191 Å². The molecule has 0 radical (unpaired) electrons. The summed E-state index contributed by atoms with van der Waals surface area (Å²) in [7, 11) is -3.59. The predicted octanol–water partition coefficient (Wildman–Crippen LogP) is 4.28. The highest BCUT2D eigenvalue weighted by atomic mass is 32.2. The van der Waals surface area contributed by atoms with Gasteiger partial charge in [-0.2, -0.15) is 5.06 Å². The van der Waals surface area contributed by atoms with Crippen LogP contribution in [0.3, 0.4) is 0 Å². The first-order valence-corrected chi connectivity index (χ1v) is 17.5. The van der Waals surface area contributed by atoms with Gasteiger partial charge >= 0.3 is 6.09 Å². The van der Waals surface area contributed by atoms with Crippen LogP contribution in [0.1, 0.15) is 65.6 Å². The number of hydroxylamine groups is 2. The number of ether oxygens (including phenoxy) is 2. The quantitative estimate of drug-likeness (QED) is 0.193. The van der Waals surface area contributed by atoms with Gasteiger partial charge in [-0.3, -0.25) is 24.1 Å². The van der Waals surface area contributed by atoms with Crippen LogP contribution in [0.15, 0.2) is 42.0 Å². The van der Waals surface area contributed by atoms with Gasteiger partial charge in [0.1, 0.15) is 5.60 Å². The molecule has 1 saturated carbocycles. The minimum absolute atomic E-state index is 0.0815. The summed E-state index contributed by atoms with van der Waals surface area (Å²) in [4.78, 5) is 57.2. The molecule has 4 rings (SSSR count). The van der Waals surface area contributed by atoms with E-state index in [1.165, 1.54) is 11.6 Å². The van der Waals surface area contributed by atoms with Gasteiger partial charge in [0.25, 0.3) is 5.91 Å². The van der Waals surface area contributed by atoms with Crippen LogP contribution in [0.2, 0.25) is 0 Å². The lowest BCUT2D eigenvalue weighted by Gasteiger charge is -2.25. The second-order valence-electron chi connectivity index (χ2n) is 11.4. The Labute approximate surface area is 277 Å². The SMILES string of the molecule is CCOc1cncc(-c2ccc(NC(=O)C(NC(=O)CCON(CC)C(=O)OC(C)(C)C)c3csc(NS(=O)(=O)C4CC4)n3)cc2)n1. The molecule has 2 aromatic heterocycles. The molecule has 0 aliphatic heterocycles. The van der Waals surface area contributed by atoms with Crippen LogP contribution in [0.4, 0.5) is 15.6 Å². The number of anilines is 2. The maximum Gasteiger partial charge on any atom is 0.434 e. The van der Waals surface area contributed by atoms with Crippen molar-refractivity contribution in [2.45, 2.75) is 70.8 Å². The first-order chi connectivity index (χ1) is 22.3. The highest BCUT2D eigenvalue weighted by Crippen LogP contribution is 2.31. The summed E-state index contributed by atoms with van der Waals surface area (Å²) in [5, 5.41) is 7.54. The molecule has 1 aliphatic rings. The molecule has 3 aromatic rings. The van der Waals surface area contributed by atoms with Crippen LogP contribution in [0.5, 0.6) is 5.88 Å². The number of sulfonamides is 1. The Kier molecular flexibility index (Phi) is 11.7. The minimum atomic E-state index is -3.59. The van der Waals surface area contributed by atoms with E-state index in [1.807, 2.05) is 6.92 Å². The van der Waals surface area contributed by atoms with Crippen molar-refractivity contribution < 1.29 is 37.1 Å². The zero-order chi connectivity index (χ0) is 34.2. The van der Waals surface area contributed by atoms with E-state index in [0.717, 1.165) is 22.0 Å². The fraction of sp³-hybridized carbons (Fsp3) is 0.467. The molecule has 1 atom stereocenters. The van der Waals surface area contributed by atoms with Crippen LogP contribution in [0.25, 0.3) is 11.3 Å². The summed E-state index contributed by atoms with van der Waals surface area (Å²) in [6.07, 6.45) is 3.36. The summed E-state index contributed by atoms with van der Waals surface area (Å²) >= 11 is 0.999. The Morgan fingerprint density at radius 2 is 1.81 bits per heavy atom. The molecule has 1 aliphatic carbocycles. The number of benzene rings is 1. The van der Waals surface area contributed by atoms with Gasteiger partial charge in [0.05, 0.1) is 48.7 Å². The molecular formula is C30H39N7O8S2. The lowest BCUT2D eigenvalue weighted by molar-refractivity contribution is -0.151. The Bertz CT molecular complexity index is 1650. The zero-order valence-corrected chi connectivity index (χ0v) is 28.4. The van der Waals surface area contributed by atoms with Gasteiger partial charge < -0.3 is 20.1 Å². The van der Waals surface area contributed by atoms with E-state index in [-0.39, 0.29) is 30.4 Å². The van der Waals surface area contributed by atoms with Crippen molar-refractivity contribution >= 4 is 50.1 Å². The molecule has 1 unspecified atom stereocenters. The zero-order valence-electron chi connectivity index (χ0n) is 26.8. The highest BCUT2D eigenvalue weighted by molar-refractivity contribution is 7.93. The number of nitrogens with one attached hydrogen (secondary N) is 3. The number of aromatic nitrogens is 3. The molecule has 47 heavy (non-hydrogen) atoms. The van der Waals surface area contributed by atoms with E-state index in [9.17, 15) is 22.8 Å². The third-order valence-corrected chi connectivity index (χ3v) is 9.12. The maximum absolute atomic E-state index is 13.5. The van der Waals surface area contributed by atoms with Gasteiger partial charge in [0, 0.05) is 23.2 Å². The number of rotatable bonds is 15. The van der Waals surface area contributed by atoms with E-state index in [4.69, 9.17) is 14.3 Å². The summed E-state index contributed by atoms with van der Waals surface area (Å²) in [5.41, 5.74) is 1.16. The fourth-order valence-corrected chi connectivity index (χ4v) is 6.37. The van der Waals surface area contributed by atoms with Crippen LogP contribution in [-0.4, -0.2) is 77.0 Å². The molecular weight excluding hydrogens is 651 g/mol. The van der Waals surface area contributed by atoms with E-state index in [1.54, 1.807) is 58.2 Å². The molecule has 0 bridgehead atoms. The van der Waals surface area contributed by atoms with Gasteiger partial charge in [0.2, 0.25) is 21.8 Å². The Balaban J connectivity index is 1.45. The lowest BCUT2D eigenvalue weighted by atomic mass is 10.1. The number of hydrogen-bond acceptors (Lipinski definition) is 12. The van der Waals surface area contributed by atoms with Crippen LogP contribution < -0.4 is 20.1 Å². The standard InChI is InChI=1S/C30H39N7O8S2/c1-6-37(29(40)45-30(3,4)5)44-15-14-24(38)35-26(23-18-46-28(34-23)36-47(41,42)21-12-13-21)27(39)32-20-10-8-19(9-11-20)22-16-31-17-25(33-22)43-7-2/h8-11,16-18,21,26H,6-7,12-15H2,1-5H3,(H,32,39)(H,34,36)(H,35,38). The third-order valence-electron chi connectivity index (χ3n) is 6.39. The van der Waals surface area contributed by atoms with E-state index in [0.29, 0.717) is 36.7 Å². The molecule has 1 aromatic carbocycles. The number of carbonyl (C=O) groups is 3. The predicted molar refractivity (Wildman–Crippen MR) is 175 cm³/mol. The smallest absolute Gasteiger partial charge is 0.434 e. The summed E-state index contributed by atoms with van der Waals surface area (Å²) in [6.45, 7) is 9.17. The number of thiazole rings is 1. The largest absolute Gasteiger partial charge is 0.477 e. The minimum Gasteiger partial charge on any atom is -0.477 e. The first kappa shape index (κ1) is 35.5. The maximum atomic E-state index is 13.5. The third kappa shape index (κ3) is 10.6. The van der Waals surface area contributed by atoms with E-state index in [2.05, 4.69) is 30.3 Å². The van der Waals surface area contributed by atoms with Crippen molar-refractivity contribution in [2.24, 2.45) is 0 Å². The lowest BCUT2D eigenvalue weighted by Crippen LogP contribution is -2.39. The molecule has 1 fully saturated rings. The normalized spacial score (nSPS) is 13.7. The average Bonchev–Trinajstić information content (AvgIpc) is 3.79. The van der Waals surface area contributed by atoms with Crippen molar-refractivity contribution in [1.82, 2.24) is 25.3 Å². The average molecular weight is 690 g/mol. The van der Waals surface area contributed by atoms with Gasteiger partial charge in [-0.25, -0.2) is 23.2 Å². The van der Waals surface area contributed by atoms with Crippen molar-refractivity contribution in [2.75, 3.05) is 29.8 Å². The number of nitrogens with zero attached hydrogens (tertiary/aromatic N) is 4. The fourth-order valence-electron chi connectivity index (χ4n) is 4.03. The van der Waals surface area contributed by atoms with Gasteiger partial charge in [-0.05, 0) is 59.6 Å². The molecule has 17 heteroatoms. The molecule has 3 amide bonds. The van der Waals surface area contributed by atoms with E-state index < -0.39 is 44.8 Å². The van der Waals surface area contributed by atoms with Gasteiger partial charge in [-0.1, -0.05) is 12.1 Å². The molecule has 0 spiro atoms. The first-order valence-electron chi connectivity index (χ1n) is 15.0. The van der Waals surface area contributed by atoms with Crippen molar-refractivity contribution in [3.63, 3.8) is 0 Å². The summed E-state index contributed by atoms with van der Waals surface area (Å²) in [6, 6.07) is 5.55. The molecule has 0 saturated heterocycles. The summed E-state index contributed by atoms with van der Waals surface area (Å²) in [5.74, 6) is -0.793. The van der Waals surface area contributed by atoms with Crippen LogP contribution in [0, 0.1) is 0 Å². The number of hydrogen-bond donors (Lipinski definition) is 3. The monoisotopic (exact) mass is 689 g/mol. The molecule has 3 N–H and O–H groups in total.